The highest BCUT2D eigenvalue weighted by atomic mass is 16.5. The highest BCUT2D eigenvalue weighted by Gasteiger charge is 2.25. The number of carbonyl (C=O) groups excluding carboxylic acids is 1. The second-order valence-electron chi connectivity index (χ2n) is 2.88. The first kappa shape index (κ1) is 8.53. The highest BCUT2D eigenvalue weighted by Crippen LogP contribution is 2.05. The average molecular weight is 157 g/mol. The van der Waals surface area contributed by atoms with E-state index in [2.05, 4.69) is 12.2 Å². The van der Waals surface area contributed by atoms with Gasteiger partial charge in [0.1, 0.15) is 0 Å². The largest absolute Gasteiger partial charge is 0.465 e. The maximum Gasteiger partial charge on any atom is 0.311 e. The van der Waals surface area contributed by atoms with E-state index in [4.69, 9.17) is 4.74 Å². The lowest BCUT2D eigenvalue weighted by Gasteiger charge is -2.24. The maximum atomic E-state index is 11.0. The van der Waals surface area contributed by atoms with Gasteiger partial charge in [0.25, 0.3) is 0 Å². The zero-order valence-electron chi connectivity index (χ0n) is 6.93. The number of rotatable bonds is 4. The van der Waals surface area contributed by atoms with Crippen LogP contribution < -0.4 is 5.32 Å². The molecule has 0 unspecified atom stereocenters. The molecule has 0 aromatic heterocycles. The van der Waals surface area contributed by atoms with Crippen molar-refractivity contribution in [2.24, 2.45) is 5.92 Å². The van der Waals surface area contributed by atoms with Gasteiger partial charge in [-0.25, -0.2) is 0 Å². The molecule has 1 aliphatic heterocycles. The minimum Gasteiger partial charge on any atom is -0.465 e. The molecule has 0 bridgehead atoms. The minimum atomic E-state index is -0.0304. The van der Waals surface area contributed by atoms with Gasteiger partial charge in [-0.3, -0.25) is 4.79 Å². The van der Waals surface area contributed by atoms with Crippen molar-refractivity contribution in [2.45, 2.75) is 19.8 Å². The first-order valence-electron chi connectivity index (χ1n) is 4.22. The number of hydrogen-bond donors (Lipinski definition) is 1. The number of unbranched alkanes of at least 4 members (excludes halogenated alkanes) is 1. The summed E-state index contributed by atoms with van der Waals surface area (Å²) in [7, 11) is 0. The Morgan fingerprint density at radius 1 is 1.64 bits per heavy atom. The van der Waals surface area contributed by atoms with Crippen LogP contribution in [-0.2, 0) is 9.53 Å². The van der Waals surface area contributed by atoms with Crippen molar-refractivity contribution >= 4 is 5.97 Å². The molecule has 1 aliphatic rings. The molecular formula is C8H15NO2. The Morgan fingerprint density at radius 3 is 2.82 bits per heavy atom. The van der Waals surface area contributed by atoms with Crippen LogP contribution in [0.4, 0.5) is 0 Å². The molecule has 1 rings (SSSR count). The SMILES string of the molecule is CCCCOC(=O)C1CNC1. The maximum absolute atomic E-state index is 11.0. The molecule has 1 saturated heterocycles. The molecule has 0 aromatic carbocycles. The fourth-order valence-electron chi connectivity index (χ4n) is 0.890. The Kier molecular flexibility index (Phi) is 3.36. The van der Waals surface area contributed by atoms with Crippen LogP contribution in [0, 0.1) is 5.92 Å². The van der Waals surface area contributed by atoms with Gasteiger partial charge in [0.2, 0.25) is 0 Å². The van der Waals surface area contributed by atoms with Crippen molar-refractivity contribution in [1.29, 1.82) is 0 Å². The van der Waals surface area contributed by atoms with Gasteiger partial charge >= 0.3 is 5.97 Å². The molecular weight excluding hydrogens is 142 g/mol. The summed E-state index contributed by atoms with van der Waals surface area (Å²) in [4.78, 5) is 11.0. The molecule has 0 spiro atoms. The standard InChI is InChI=1S/C8H15NO2/c1-2-3-4-11-8(10)7-5-9-6-7/h7,9H,2-6H2,1H3. The van der Waals surface area contributed by atoms with Gasteiger partial charge < -0.3 is 10.1 Å². The van der Waals surface area contributed by atoms with Crippen LogP contribution in [0.25, 0.3) is 0 Å². The summed E-state index contributed by atoms with van der Waals surface area (Å²) in [6.45, 7) is 4.26. The van der Waals surface area contributed by atoms with Crippen molar-refractivity contribution in [3.05, 3.63) is 0 Å². The summed E-state index contributed by atoms with van der Waals surface area (Å²) in [5.41, 5.74) is 0. The zero-order valence-corrected chi connectivity index (χ0v) is 6.93. The van der Waals surface area contributed by atoms with Crippen LogP contribution in [0.2, 0.25) is 0 Å². The Hall–Kier alpha value is -0.570. The third-order valence-corrected chi connectivity index (χ3v) is 1.86. The first-order chi connectivity index (χ1) is 5.34. The number of hydrogen-bond acceptors (Lipinski definition) is 3. The molecule has 64 valence electrons. The molecule has 0 aromatic rings. The Balaban J connectivity index is 2.01. The number of carbonyl (C=O) groups is 1. The summed E-state index contributed by atoms with van der Waals surface area (Å²) in [6, 6.07) is 0. The van der Waals surface area contributed by atoms with E-state index in [0.29, 0.717) is 6.61 Å². The van der Waals surface area contributed by atoms with Crippen LogP contribution in [0.15, 0.2) is 0 Å². The third-order valence-electron chi connectivity index (χ3n) is 1.86. The monoisotopic (exact) mass is 157 g/mol. The van der Waals surface area contributed by atoms with Crippen molar-refractivity contribution in [3.8, 4) is 0 Å². The van der Waals surface area contributed by atoms with E-state index in [1.807, 2.05) is 0 Å². The first-order valence-corrected chi connectivity index (χ1v) is 4.22. The van der Waals surface area contributed by atoms with Crippen molar-refractivity contribution in [3.63, 3.8) is 0 Å². The second kappa shape index (κ2) is 4.34. The normalized spacial score (nSPS) is 17.5. The van der Waals surface area contributed by atoms with Gasteiger partial charge in [-0.1, -0.05) is 13.3 Å². The van der Waals surface area contributed by atoms with Gasteiger partial charge in [-0.15, -0.1) is 0 Å². The molecule has 1 N–H and O–H groups in total. The summed E-state index contributed by atoms with van der Waals surface area (Å²) < 4.78 is 5.01. The molecule has 0 amide bonds. The number of esters is 1. The van der Waals surface area contributed by atoms with E-state index in [0.717, 1.165) is 25.9 Å². The molecule has 0 aliphatic carbocycles. The second-order valence-corrected chi connectivity index (χ2v) is 2.88. The molecule has 11 heavy (non-hydrogen) atoms. The fourth-order valence-corrected chi connectivity index (χ4v) is 0.890. The Bertz CT molecular complexity index is 132. The highest BCUT2D eigenvalue weighted by molar-refractivity contribution is 5.73. The van der Waals surface area contributed by atoms with Crippen LogP contribution in [0.3, 0.4) is 0 Å². The van der Waals surface area contributed by atoms with E-state index in [9.17, 15) is 4.79 Å². The van der Waals surface area contributed by atoms with E-state index in [1.165, 1.54) is 0 Å². The zero-order chi connectivity index (χ0) is 8.10. The molecule has 0 atom stereocenters. The summed E-state index contributed by atoms with van der Waals surface area (Å²) >= 11 is 0. The molecule has 1 fully saturated rings. The van der Waals surface area contributed by atoms with Gasteiger partial charge in [0.15, 0.2) is 0 Å². The summed E-state index contributed by atoms with van der Waals surface area (Å²) in [5, 5.41) is 3.03. The average Bonchev–Trinajstić information content (AvgIpc) is 1.84. The summed E-state index contributed by atoms with van der Waals surface area (Å²) in [6.07, 6.45) is 2.06. The number of ether oxygens (including phenoxy) is 1. The van der Waals surface area contributed by atoms with E-state index in [1.54, 1.807) is 0 Å². The van der Waals surface area contributed by atoms with Gasteiger partial charge in [0.05, 0.1) is 12.5 Å². The minimum absolute atomic E-state index is 0.0304. The topological polar surface area (TPSA) is 38.3 Å². The molecule has 3 heteroatoms. The molecule has 0 saturated carbocycles. The van der Waals surface area contributed by atoms with Gasteiger partial charge in [-0.05, 0) is 6.42 Å². The number of nitrogens with one attached hydrogen (secondary N) is 1. The smallest absolute Gasteiger partial charge is 0.311 e. The Morgan fingerprint density at radius 2 is 2.36 bits per heavy atom. The lowest BCUT2D eigenvalue weighted by atomic mass is 10.0. The third kappa shape index (κ3) is 2.50. The van der Waals surface area contributed by atoms with Gasteiger partial charge in [-0.2, -0.15) is 0 Å². The van der Waals surface area contributed by atoms with Crippen molar-refractivity contribution in [1.82, 2.24) is 5.32 Å². The van der Waals surface area contributed by atoms with E-state index < -0.39 is 0 Å². The molecule has 1 heterocycles. The van der Waals surface area contributed by atoms with Crippen LogP contribution in [0.1, 0.15) is 19.8 Å². The van der Waals surface area contributed by atoms with E-state index >= 15 is 0 Å². The van der Waals surface area contributed by atoms with Crippen molar-refractivity contribution in [2.75, 3.05) is 19.7 Å². The molecule has 0 radical (unpaired) electrons. The lowest BCUT2D eigenvalue weighted by molar-refractivity contribution is -0.150. The summed E-state index contributed by atoms with van der Waals surface area (Å²) in [5.74, 6) is 0.101. The predicted molar refractivity (Wildman–Crippen MR) is 42.2 cm³/mol. The van der Waals surface area contributed by atoms with Crippen LogP contribution >= 0.6 is 0 Å². The lowest BCUT2D eigenvalue weighted by Crippen LogP contribution is -2.47. The van der Waals surface area contributed by atoms with Crippen LogP contribution in [0.5, 0.6) is 0 Å². The fraction of sp³-hybridized carbons (Fsp3) is 0.875. The molecule has 3 nitrogen and oxygen atoms in total. The predicted octanol–water partition coefficient (Wildman–Crippen LogP) is 0.549. The van der Waals surface area contributed by atoms with Gasteiger partial charge in [0, 0.05) is 13.1 Å². The van der Waals surface area contributed by atoms with E-state index in [-0.39, 0.29) is 11.9 Å². The quantitative estimate of drug-likeness (QED) is 0.478. The van der Waals surface area contributed by atoms with Crippen molar-refractivity contribution < 1.29 is 9.53 Å². The van der Waals surface area contributed by atoms with Crippen LogP contribution in [-0.4, -0.2) is 25.7 Å². The Labute approximate surface area is 67.1 Å².